The standard InChI is InChI=1S/C16H27N3O/c1-3-5-12-19(14-9-7-6-8-10-14)13-11-15(16(17)20)18-4-2/h6-10,15,18H,3-5,11-13H2,1-2H3,(H2,17,20). The van der Waals surface area contributed by atoms with Gasteiger partial charge in [0.15, 0.2) is 0 Å². The molecule has 0 aliphatic heterocycles. The summed E-state index contributed by atoms with van der Waals surface area (Å²) in [6.45, 7) is 6.78. The highest BCUT2D eigenvalue weighted by molar-refractivity contribution is 5.79. The number of anilines is 1. The minimum Gasteiger partial charge on any atom is -0.371 e. The molecule has 1 rings (SSSR count). The van der Waals surface area contributed by atoms with Gasteiger partial charge in [-0.15, -0.1) is 0 Å². The minimum atomic E-state index is -0.268. The summed E-state index contributed by atoms with van der Waals surface area (Å²) in [5, 5.41) is 3.14. The number of nitrogens with two attached hydrogens (primary N) is 1. The second-order valence-corrected chi connectivity index (χ2v) is 4.98. The molecule has 0 aromatic heterocycles. The number of unbranched alkanes of at least 4 members (excludes halogenated alkanes) is 1. The number of hydrogen-bond acceptors (Lipinski definition) is 3. The van der Waals surface area contributed by atoms with Crippen LogP contribution in [-0.4, -0.2) is 31.6 Å². The molecule has 0 bridgehead atoms. The molecule has 4 nitrogen and oxygen atoms in total. The lowest BCUT2D eigenvalue weighted by Gasteiger charge is -2.26. The number of nitrogens with zero attached hydrogens (tertiary/aromatic N) is 1. The first-order chi connectivity index (χ1) is 9.69. The smallest absolute Gasteiger partial charge is 0.234 e. The number of hydrogen-bond donors (Lipinski definition) is 2. The van der Waals surface area contributed by atoms with E-state index in [0.29, 0.717) is 0 Å². The van der Waals surface area contributed by atoms with Gasteiger partial charge >= 0.3 is 0 Å². The van der Waals surface area contributed by atoms with Crippen LogP contribution in [0.4, 0.5) is 5.69 Å². The van der Waals surface area contributed by atoms with E-state index in [2.05, 4.69) is 29.3 Å². The van der Waals surface area contributed by atoms with Gasteiger partial charge in [-0.05, 0) is 31.5 Å². The van der Waals surface area contributed by atoms with E-state index < -0.39 is 0 Å². The molecule has 0 heterocycles. The van der Waals surface area contributed by atoms with E-state index in [4.69, 9.17) is 5.73 Å². The largest absolute Gasteiger partial charge is 0.371 e. The molecule has 0 saturated carbocycles. The zero-order chi connectivity index (χ0) is 14.8. The van der Waals surface area contributed by atoms with Crippen molar-refractivity contribution in [1.82, 2.24) is 5.32 Å². The Kier molecular flexibility index (Phi) is 7.73. The van der Waals surface area contributed by atoms with Gasteiger partial charge in [-0.2, -0.15) is 0 Å². The number of nitrogens with one attached hydrogen (secondary N) is 1. The summed E-state index contributed by atoms with van der Waals surface area (Å²) in [6.07, 6.45) is 3.05. The molecule has 1 aromatic carbocycles. The maximum atomic E-state index is 11.4. The first-order valence-electron chi connectivity index (χ1n) is 7.51. The highest BCUT2D eigenvalue weighted by atomic mass is 16.1. The monoisotopic (exact) mass is 277 g/mol. The predicted octanol–water partition coefficient (Wildman–Crippen LogP) is 2.15. The normalized spacial score (nSPS) is 12.1. The van der Waals surface area contributed by atoms with E-state index in [1.807, 2.05) is 25.1 Å². The number of para-hydroxylation sites is 1. The Hall–Kier alpha value is -1.55. The molecule has 0 saturated heterocycles. The van der Waals surface area contributed by atoms with E-state index in [0.717, 1.165) is 38.9 Å². The van der Waals surface area contributed by atoms with Crippen molar-refractivity contribution in [1.29, 1.82) is 0 Å². The Morgan fingerprint density at radius 1 is 1.25 bits per heavy atom. The lowest BCUT2D eigenvalue weighted by Crippen LogP contribution is -2.43. The zero-order valence-corrected chi connectivity index (χ0v) is 12.6. The van der Waals surface area contributed by atoms with Crippen LogP contribution in [0.1, 0.15) is 33.1 Å². The van der Waals surface area contributed by atoms with Crippen LogP contribution in [0.25, 0.3) is 0 Å². The number of benzene rings is 1. The average molecular weight is 277 g/mol. The maximum absolute atomic E-state index is 11.4. The topological polar surface area (TPSA) is 58.4 Å². The molecule has 0 fully saturated rings. The van der Waals surface area contributed by atoms with Crippen LogP contribution in [0.15, 0.2) is 30.3 Å². The maximum Gasteiger partial charge on any atom is 0.234 e. The van der Waals surface area contributed by atoms with Gasteiger partial charge in [-0.3, -0.25) is 4.79 Å². The molecular formula is C16H27N3O. The van der Waals surface area contributed by atoms with Gasteiger partial charge in [-0.1, -0.05) is 38.5 Å². The van der Waals surface area contributed by atoms with Gasteiger partial charge < -0.3 is 16.0 Å². The molecular weight excluding hydrogens is 250 g/mol. The molecule has 0 radical (unpaired) electrons. The molecule has 1 aromatic rings. The summed E-state index contributed by atoms with van der Waals surface area (Å²) < 4.78 is 0. The van der Waals surface area contributed by atoms with Crippen molar-refractivity contribution >= 4 is 11.6 Å². The molecule has 20 heavy (non-hydrogen) atoms. The highest BCUT2D eigenvalue weighted by Gasteiger charge is 2.15. The Labute approximate surface area is 122 Å². The first-order valence-corrected chi connectivity index (χ1v) is 7.51. The van der Waals surface area contributed by atoms with E-state index in [1.54, 1.807) is 0 Å². The molecule has 112 valence electrons. The van der Waals surface area contributed by atoms with Crippen LogP contribution >= 0.6 is 0 Å². The Balaban J connectivity index is 2.62. The fourth-order valence-electron chi connectivity index (χ4n) is 2.23. The van der Waals surface area contributed by atoms with Crippen molar-refractivity contribution in [3.8, 4) is 0 Å². The number of amides is 1. The molecule has 0 aliphatic rings. The van der Waals surface area contributed by atoms with Crippen molar-refractivity contribution < 1.29 is 4.79 Å². The first kappa shape index (κ1) is 16.5. The van der Waals surface area contributed by atoms with Crippen molar-refractivity contribution in [2.24, 2.45) is 5.73 Å². The molecule has 4 heteroatoms. The zero-order valence-electron chi connectivity index (χ0n) is 12.6. The van der Waals surface area contributed by atoms with Crippen LogP contribution in [0.5, 0.6) is 0 Å². The van der Waals surface area contributed by atoms with Crippen LogP contribution in [-0.2, 0) is 4.79 Å². The van der Waals surface area contributed by atoms with Gasteiger partial charge in [0.05, 0.1) is 6.04 Å². The van der Waals surface area contributed by atoms with Crippen LogP contribution in [0.3, 0.4) is 0 Å². The summed E-state index contributed by atoms with van der Waals surface area (Å²) in [6, 6.07) is 10.1. The third-order valence-corrected chi connectivity index (χ3v) is 3.38. The lowest BCUT2D eigenvalue weighted by molar-refractivity contribution is -0.120. The SMILES string of the molecule is CCCCN(CCC(NCC)C(N)=O)c1ccccc1. The fourth-order valence-corrected chi connectivity index (χ4v) is 2.23. The van der Waals surface area contributed by atoms with E-state index in [-0.39, 0.29) is 11.9 Å². The summed E-state index contributed by atoms with van der Waals surface area (Å²) in [5.74, 6) is -0.268. The number of carbonyl (C=O) groups is 1. The summed E-state index contributed by atoms with van der Waals surface area (Å²) >= 11 is 0. The van der Waals surface area contributed by atoms with Crippen LogP contribution in [0, 0.1) is 0 Å². The van der Waals surface area contributed by atoms with Crippen LogP contribution < -0.4 is 16.0 Å². The quantitative estimate of drug-likeness (QED) is 0.689. The summed E-state index contributed by atoms with van der Waals surface area (Å²) in [5.41, 5.74) is 6.64. The Morgan fingerprint density at radius 3 is 2.50 bits per heavy atom. The number of rotatable bonds is 10. The molecule has 0 spiro atoms. The second-order valence-electron chi connectivity index (χ2n) is 4.98. The van der Waals surface area contributed by atoms with Gasteiger partial charge in [0.2, 0.25) is 5.91 Å². The summed E-state index contributed by atoms with van der Waals surface area (Å²) in [7, 11) is 0. The van der Waals surface area contributed by atoms with Crippen molar-refractivity contribution in [2.45, 2.75) is 39.2 Å². The fraction of sp³-hybridized carbons (Fsp3) is 0.562. The molecule has 1 unspecified atom stereocenters. The summed E-state index contributed by atoms with van der Waals surface area (Å²) in [4.78, 5) is 13.7. The average Bonchev–Trinajstić information content (AvgIpc) is 2.46. The van der Waals surface area contributed by atoms with Crippen molar-refractivity contribution in [2.75, 3.05) is 24.5 Å². The van der Waals surface area contributed by atoms with Crippen LogP contribution in [0.2, 0.25) is 0 Å². The third-order valence-electron chi connectivity index (χ3n) is 3.38. The van der Waals surface area contributed by atoms with Gasteiger partial charge in [0.25, 0.3) is 0 Å². The second kappa shape index (κ2) is 9.37. The molecule has 1 amide bonds. The van der Waals surface area contributed by atoms with Crippen molar-refractivity contribution in [3.05, 3.63) is 30.3 Å². The minimum absolute atomic E-state index is 0.243. The highest BCUT2D eigenvalue weighted by Crippen LogP contribution is 2.15. The van der Waals surface area contributed by atoms with E-state index in [1.165, 1.54) is 5.69 Å². The van der Waals surface area contributed by atoms with E-state index in [9.17, 15) is 4.79 Å². The van der Waals surface area contributed by atoms with Gasteiger partial charge in [0, 0.05) is 18.8 Å². The molecule has 3 N–H and O–H groups in total. The third kappa shape index (κ3) is 5.61. The number of primary amides is 1. The van der Waals surface area contributed by atoms with Crippen molar-refractivity contribution in [3.63, 3.8) is 0 Å². The van der Waals surface area contributed by atoms with Gasteiger partial charge in [0.1, 0.15) is 0 Å². The predicted molar refractivity (Wildman–Crippen MR) is 84.8 cm³/mol. The van der Waals surface area contributed by atoms with E-state index >= 15 is 0 Å². The molecule has 0 aliphatic carbocycles. The number of likely N-dealkylation sites (N-methyl/N-ethyl adjacent to an activating group) is 1. The van der Waals surface area contributed by atoms with Gasteiger partial charge in [-0.25, -0.2) is 0 Å². The Bertz CT molecular complexity index is 381. The molecule has 1 atom stereocenters. The lowest BCUT2D eigenvalue weighted by atomic mass is 10.1. The Morgan fingerprint density at radius 2 is 1.95 bits per heavy atom. The number of carbonyl (C=O) groups excluding carboxylic acids is 1.